The van der Waals surface area contributed by atoms with Crippen molar-refractivity contribution in [2.45, 2.75) is 32.8 Å². The Labute approximate surface area is 167 Å². The molecule has 1 N–H and O–H groups in total. The van der Waals surface area contributed by atoms with Gasteiger partial charge < -0.3 is 14.6 Å². The molecule has 0 spiro atoms. The van der Waals surface area contributed by atoms with Crippen molar-refractivity contribution < 1.29 is 9.53 Å². The fraction of sp³-hybridized carbons (Fsp3) is 0.333. The first-order valence-electron chi connectivity index (χ1n) is 8.96. The zero-order chi connectivity index (χ0) is 19.4. The molecule has 1 fully saturated rings. The molecule has 1 aromatic carbocycles. The van der Waals surface area contributed by atoms with Gasteiger partial charge in [-0.1, -0.05) is 15.9 Å². The standard InChI is InChI=1S/C21H22BrN3O2/c1-14-10-16(15(2)25(14)19-7-5-18(22)6-8-19)11-17(12-23)21(26)24-13-20-4-3-9-27-20/h5-8,10-11,20H,3-4,9,13H2,1-2H3,(H,24,26)/b17-11+. The van der Waals surface area contributed by atoms with E-state index in [1.54, 1.807) is 6.08 Å². The van der Waals surface area contributed by atoms with E-state index in [9.17, 15) is 10.1 Å². The van der Waals surface area contributed by atoms with Gasteiger partial charge >= 0.3 is 0 Å². The molecule has 1 aliphatic heterocycles. The number of carbonyl (C=O) groups is 1. The van der Waals surface area contributed by atoms with Crippen LogP contribution in [0, 0.1) is 25.2 Å². The second kappa shape index (κ2) is 8.55. The molecular formula is C21H22BrN3O2. The Morgan fingerprint density at radius 3 is 2.78 bits per heavy atom. The summed E-state index contributed by atoms with van der Waals surface area (Å²) in [5.74, 6) is -0.360. The first-order chi connectivity index (χ1) is 13.0. The number of carbonyl (C=O) groups excluding carboxylic acids is 1. The van der Waals surface area contributed by atoms with Crippen molar-refractivity contribution in [1.82, 2.24) is 9.88 Å². The quantitative estimate of drug-likeness (QED) is 0.577. The molecule has 0 aliphatic carbocycles. The minimum atomic E-state index is -0.360. The van der Waals surface area contributed by atoms with Gasteiger partial charge in [-0.05, 0) is 68.7 Å². The van der Waals surface area contributed by atoms with Crippen LogP contribution in [0.4, 0.5) is 0 Å². The van der Waals surface area contributed by atoms with Crippen molar-refractivity contribution in [3.8, 4) is 11.8 Å². The number of hydrogen-bond acceptors (Lipinski definition) is 3. The highest BCUT2D eigenvalue weighted by Crippen LogP contribution is 2.24. The lowest BCUT2D eigenvalue weighted by Crippen LogP contribution is -2.32. The number of aromatic nitrogens is 1. The molecule has 27 heavy (non-hydrogen) atoms. The SMILES string of the molecule is Cc1cc(/C=C(\C#N)C(=O)NCC2CCCO2)c(C)n1-c1ccc(Br)cc1. The van der Waals surface area contributed by atoms with Crippen LogP contribution in [0.5, 0.6) is 0 Å². The van der Waals surface area contributed by atoms with E-state index in [0.29, 0.717) is 6.54 Å². The van der Waals surface area contributed by atoms with Gasteiger partial charge in [-0.2, -0.15) is 5.26 Å². The Hall–Kier alpha value is -2.36. The Balaban J connectivity index is 1.82. The first kappa shape index (κ1) is 19.4. The molecule has 2 aromatic rings. The van der Waals surface area contributed by atoms with E-state index in [-0.39, 0.29) is 17.6 Å². The lowest BCUT2D eigenvalue weighted by atomic mass is 10.1. The summed E-state index contributed by atoms with van der Waals surface area (Å²) >= 11 is 3.45. The van der Waals surface area contributed by atoms with Gasteiger partial charge in [-0.3, -0.25) is 4.79 Å². The number of benzene rings is 1. The normalized spacial score (nSPS) is 17.0. The van der Waals surface area contributed by atoms with Crippen LogP contribution in [0.25, 0.3) is 11.8 Å². The fourth-order valence-corrected chi connectivity index (χ4v) is 3.60. The predicted octanol–water partition coefficient (Wildman–Crippen LogP) is 4.06. The maximum atomic E-state index is 12.4. The van der Waals surface area contributed by atoms with Crippen LogP contribution in [0.1, 0.15) is 29.8 Å². The van der Waals surface area contributed by atoms with Crippen LogP contribution in [0.3, 0.4) is 0 Å². The van der Waals surface area contributed by atoms with E-state index in [1.165, 1.54) is 0 Å². The molecule has 0 radical (unpaired) electrons. The largest absolute Gasteiger partial charge is 0.376 e. The van der Waals surface area contributed by atoms with E-state index in [0.717, 1.165) is 46.6 Å². The monoisotopic (exact) mass is 427 g/mol. The Morgan fingerprint density at radius 2 is 2.15 bits per heavy atom. The summed E-state index contributed by atoms with van der Waals surface area (Å²) < 4.78 is 8.63. The van der Waals surface area contributed by atoms with Crippen molar-refractivity contribution in [3.63, 3.8) is 0 Å². The third-order valence-corrected chi connectivity index (χ3v) is 5.26. The zero-order valence-electron chi connectivity index (χ0n) is 15.5. The number of nitrogens with one attached hydrogen (secondary N) is 1. The Morgan fingerprint density at radius 1 is 1.41 bits per heavy atom. The number of nitrogens with zero attached hydrogens (tertiary/aromatic N) is 2. The zero-order valence-corrected chi connectivity index (χ0v) is 17.0. The number of halogens is 1. The number of rotatable bonds is 5. The number of amides is 1. The third-order valence-electron chi connectivity index (χ3n) is 4.73. The molecule has 0 bridgehead atoms. The van der Waals surface area contributed by atoms with E-state index in [1.807, 2.05) is 50.2 Å². The average molecular weight is 428 g/mol. The van der Waals surface area contributed by atoms with Gasteiger partial charge in [0.2, 0.25) is 0 Å². The molecule has 1 aliphatic rings. The highest BCUT2D eigenvalue weighted by molar-refractivity contribution is 9.10. The minimum Gasteiger partial charge on any atom is -0.376 e. The Kier molecular flexibility index (Phi) is 6.15. The van der Waals surface area contributed by atoms with Gasteiger partial charge in [0.25, 0.3) is 5.91 Å². The highest BCUT2D eigenvalue weighted by atomic mass is 79.9. The van der Waals surface area contributed by atoms with Crippen LogP contribution in [-0.4, -0.2) is 29.7 Å². The lowest BCUT2D eigenvalue weighted by Gasteiger charge is -2.10. The molecular weight excluding hydrogens is 406 g/mol. The van der Waals surface area contributed by atoms with Crippen molar-refractivity contribution in [3.05, 3.63) is 57.3 Å². The smallest absolute Gasteiger partial charge is 0.262 e. The van der Waals surface area contributed by atoms with Crippen molar-refractivity contribution in [1.29, 1.82) is 5.26 Å². The van der Waals surface area contributed by atoms with Gasteiger partial charge in [0.1, 0.15) is 11.6 Å². The lowest BCUT2D eigenvalue weighted by molar-refractivity contribution is -0.117. The molecule has 1 atom stereocenters. The summed E-state index contributed by atoms with van der Waals surface area (Å²) in [4.78, 5) is 12.4. The summed E-state index contributed by atoms with van der Waals surface area (Å²) in [6.07, 6.45) is 3.67. The number of aryl methyl sites for hydroxylation is 1. The molecule has 140 valence electrons. The summed E-state index contributed by atoms with van der Waals surface area (Å²) in [5, 5.41) is 12.2. The summed E-state index contributed by atoms with van der Waals surface area (Å²) in [6, 6.07) is 12.0. The molecule has 1 amide bonds. The first-order valence-corrected chi connectivity index (χ1v) is 9.75. The molecule has 1 aromatic heterocycles. The molecule has 2 heterocycles. The van der Waals surface area contributed by atoms with Crippen molar-refractivity contribution in [2.24, 2.45) is 0 Å². The second-order valence-electron chi connectivity index (χ2n) is 6.65. The van der Waals surface area contributed by atoms with E-state index in [2.05, 4.69) is 25.8 Å². The van der Waals surface area contributed by atoms with Gasteiger partial charge in [0.05, 0.1) is 6.10 Å². The number of ether oxygens (including phenoxy) is 1. The van der Waals surface area contributed by atoms with Crippen LogP contribution >= 0.6 is 15.9 Å². The average Bonchev–Trinajstić information content (AvgIpc) is 3.27. The van der Waals surface area contributed by atoms with Gasteiger partial charge in [0, 0.05) is 34.7 Å². The molecule has 1 saturated heterocycles. The van der Waals surface area contributed by atoms with Gasteiger partial charge in [-0.15, -0.1) is 0 Å². The van der Waals surface area contributed by atoms with Crippen LogP contribution in [0.15, 0.2) is 40.4 Å². The Bertz CT molecular complexity index is 901. The van der Waals surface area contributed by atoms with Crippen LogP contribution < -0.4 is 5.32 Å². The van der Waals surface area contributed by atoms with E-state index >= 15 is 0 Å². The fourth-order valence-electron chi connectivity index (χ4n) is 3.33. The number of hydrogen-bond donors (Lipinski definition) is 1. The van der Waals surface area contributed by atoms with Gasteiger partial charge in [0.15, 0.2) is 0 Å². The van der Waals surface area contributed by atoms with Crippen LogP contribution in [0.2, 0.25) is 0 Å². The molecule has 5 nitrogen and oxygen atoms in total. The van der Waals surface area contributed by atoms with E-state index < -0.39 is 0 Å². The van der Waals surface area contributed by atoms with E-state index in [4.69, 9.17) is 4.74 Å². The van der Waals surface area contributed by atoms with Crippen molar-refractivity contribution in [2.75, 3.05) is 13.2 Å². The summed E-state index contributed by atoms with van der Waals surface area (Å²) in [7, 11) is 0. The molecule has 1 unspecified atom stereocenters. The maximum Gasteiger partial charge on any atom is 0.262 e. The molecule has 0 saturated carbocycles. The topological polar surface area (TPSA) is 67.1 Å². The molecule has 6 heteroatoms. The third kappa shape index (κ3) is 4.49. The summed E-state index contributed by atoms with van der Waals surface area (Å²) in [6.45, 7) is 5.18. The second-order valence-corrected chi connectivity index (χ2v) is 7.57. The summed E-state index contributed by atoms with van der Waals surface area (Å²) in [5.41, 5.74) is 4.02. The molecule has 3 rings (SSSR count). The highest BCUT2D eigenvalue weighted by Gasteiger charge is 2.18. The van der Waals surface area contributed by atoms with Crippen molar-refractivity contribution >= 4 is 27.9 Å². The number of nitriles is 1. The minimum absolute atomic E-state index is 0.0522. The maximum absolute atomic E-state index is 12.4. The predicted molar refractivity (Wildman–Crippen MR) is 109 cm³/mol. The van der Waals surface area contributed by atoms with Gasteiger partial charge in [-0.25, -0.2) is 0 Å². The van der Waals surface area contributed by atoms with Crippen LogP contribution in [-0.2, 0) is 9.53 Å².